The zero-order valence-corrected chi connectivity index (χ0v) is 12.0. The van der Waals surface area contributed by atoms with E-state index < -0.39 is 0 Å². The Balaban J connectivity index is 2.17. The number of hydrogen-bond acceptors (Lipinski definition) is 2. The SMILES string of the molecule is O=Cc1ccc(-c2ccccc2)n(C2CCCCC2)c1=O. The second-order valence-electron chi connectivity index (χ2n) is 5.62. The van der Waals surface area contributed by atoms with Crippen molar-refractivity contribution < 1.29 is 4.79 Å². The van der Waals surface area contributed by atoms with Crippen molar-refractivity contribution in [3.8, 4) is 11.3 Å². The van der Waals surface area contributed by atoms with Crippen molar-refractivity contribution in [3.63, 3.8) is 0 Å². The van der Waals surface area contributed by atoms with Gasteiger partial charge in [0.05, 0.1) is 11.3 Å². The van der Waals surface area contributed by atoms with Crippen molar-refractivity contribution >= 4 is 6.29 Å². The maximum Gasteiger partial charge on any atom is 0.261 e. The molecule has 1 saturated carbocycles. The quantitative estimate of drug-likeness (QED) is 0.802. The van der Waals surface area contributed by atoms with Crippen LogP contribution in [0.1, 0.15) is 48.5 Å². The van der Waals surface area contributed by atoms with Crippen LogP contribution in [0.5, 0.6) is 0 Å². The Hall–Kier alpha value is -2.16. The van der Waals surface area contributed by atoms with Crippen molar-refractivity contribution in [2.45, 2.75) is 38.1 Å². The van der Waals surface area contributed by atoms with E-state index in [0.717, 1.165) is 36.9 Å². The minimum Gasteiger partial charge on any atom is -0.305 e. The Morgan fingerprint density at radius 1 is 0.952 bits per heavy atom. The summed E-state index contributed by atoms with van der Waals surface area (Å²) in [6.07, 6.45) is 6.23. The Labute approximate surface area is 124 Å². The molecule has 1 heterocycles. The molecule has 0 radical (unpaired) electrons. The minimum atomic E-state index is -0.154. The molecule has 0 saturated heterocycles. The van der Waals surface area contributed by atoms with Crippen LogP contribution in [0, 0.1) is 0 Å². The van der Waals surface area contributed by atoms with Gasteiger partial charge in [0.15, 0.2) is 6.29 Å². The maximum absolute atomic E-state index is 12.6. The number of carbonyl (C=O) groups is 1. The fourth-order valence-electron chi connectivity index (χ4n) is 3.20. The van der Waals surface area contributed by atoms with Gasteiger partial charge >= 0.3 is 0 Å². The smallest absolute Gasteiger partial charge is 0.261 e. The van der Waals surface area contributed by atoms with Crippen LogP contribution in [0.15, 0.2) is 47.3 Å². The largest absolute Gasteiger partial charge is 0.305 e. The highest BCUT2D eigenvalue weighted by atomic mass is 16.1. The number of aromatic nitrogens is 1. The number of benzene rings is 1. The topological polar surface area (TPSA) is 39.1 Å². The van der Waals surface area contributed by atoms with Crippen molar-refractivity contribution in [1.82, 2.24) is 4.57 Å². The van der Waals surface area contributed by atoms with Gasteiger partial charge in [-0.2, -0.15) is 0 Å². The van der Waals surface area contributed by atoms with Crippen LogP contribution >= 0.6 is 0 Å². The molecule has 0 aliphatic heterocycles. The minimum absolute atomic E-state index is 0.154. The van der Waals surface area contributed by atoms with Gasteiger partial charge < -0.3 is 4.57 Å². The molecule has 1 aliphatic carbocycles. The maximum atomic E-state index is 12.6. The van der Waals surface area contributed by atoms with E-state index in [1.807, 2.05) is 41.0 Å². The standard InChI is InChI=1S/C18H19NO2/c20-13-15-11-12-17(14-7-3-1-4-8-14)19(18(15)21)16-9-5-2-6-10-16/h1,3-4,7-8,11-13,16H,2,5-6,9-10H2. The fraction of sp³-hybridized carbons (Fsp3) is 0.333. The molecule has 0 N–H and O–H groups in total. The third-order valence-corrected chi connectivity index (χ3v) is 4.28. The van der Waals surface area contributed by atoms with E-state index in [9.17, 15) is 9.59 Å². The summed E-state index contributed by atoms with van der Waals surface area (Å²) in [5.74, 6) is 0. The molecule has 1 aromatic heterocycles. The first-order chi connectivity index (χ1) is 10.3. The van der Waals surface area contributed by atoms with E-state index in [2.05, 4.69) is 0 Å². The first kappa shape index (κ1) is 13.8. The molecule has 0 spiro atoms. The summed E-state index contributed by atoms with van der Waals surface area (Å²) in [6.45, 7) is 0. The molecule has 3 heteroatoms. The van der Waals surface area contributed by atoms with Crippen LogP contribution < -0.4 is 5.56 Å². The van der Waals surface area contributed by atoms with Crippen LogP contribution in [0.25, 0.3) is 11.3 Å². The average molecular weight is 281 g/mol. The van der Waals surface area contributed by atoms with Gasteiger partial charge in [-0.3, -0.25) is 9.59 Å². The Morgan fingerprint density at radius 3 is 2.33 bits per heavy atom. The summed E-state index contributed by atoms with van der Waals surface area (Å²) in [4.78, 5) is 23.7. The number of rotatable bonds is 3. The predicted molar refractivity (Wildman–Crippen MR) is 83.6 cm³/mol. The van der Waals surface area contributed by atoms with Crippen LogP contribution in [-0.2, 0) is 0 Å². The summed E-state index contributed by atoms with van der Waals surface area (Å²) < 4.78 is 1.85. The highest BCUT2D eigenvalue weighted by molar-refractivity contribution is 5.75. The van der Waals surface area contributed by atoms with E-state index >= 15 is 0 Å². The number of pyridine rings is 1. The molecule has 0 atom stereocenters. The molecule has 0 bridgehead atoms. The number of hydrogen-bond donors (Lipinski definition) is 0. The second-order valence-corrected chi connectivity index (χ2v) is 5.62. The molecule has 3 rings (SSSR count). The summed E-state index contributed by atoms with van der Waals surface area (Å²) in [6, 6.07) is 13.7. The van der Waals surface area contributed by atoms with E-state index in [1.165, 1.54) is 6.42 Å². The van der Waals surface area contributed by atoms with E-state index in [0.29, 0.717) is 6.29 Å². The van der Waals surface area contributed by atoms with Gasteiger partial charge in [-0.05, 0) is 30.5 Å². The first-order valence-corrected chi connectivity index (χ1v) is 7.57. The van der Waals surface area contributed by atoms with E-state index in [1.54, 1.807) is 6.07 Å². The molecule has 1 aliphatic rings. The molecule has 108 valence electrons. The van der Waals surface area contributed by atoms with Gasteiger partial charge in [-0.15, -0.1) is 0 Å². The Kier molecular flexibility index (Phi) is 4.00. The van der Waals surface area contributed by atoms with Gasteiger partial charge in [0.25, 0.3) is 5.56 Å². The normalized spacial score (nSPS) is 15.8. The Morgan fingerprint density at radius 2 is 1.67 bits per heavy atom. The zero-order chi connectivity index (χ0) is 14.7. The highest BCUT2D eigenvalue weighted by Crippen LogP contribution is 2.31. The molecule has 1 aromatic carbocycles. The molecule has 0 amide bonds. The van der Waals surface area contributed by atoms with Crippen molar-refractivity contribution in [3.05, 3.63) is 58.4 Å². The summed E-state index contributed by atoms with van der Waals surface area (Å²) in [5.41, 5.74) is 2.04. The van der Waals surface area contributed by atoms with Crippen LogP contribution in [0.2, 0.25) is 0 Å². The predicted octanol–water partition coefficient (Wildman–Crippen LogP) is 3.83. The molecule has 21 heavy (non-hydrogen) atoms. The van der Waals surface area contributed by atoms with E-state index in [4.69, 9.17) is 0 Å². The average Bonchev–Trinajstić information content (AvgIpc) is 2.56. The fourth-order valence-corrected chi connectivity index (χ4v) is 3.20. The number of nitrogens with zero attached hydrogens (tertiary/aromatic N) is 1. The molecule has 2 aromatic rings. The van der Waals surface area contributed by atoms with Crippen LogP contribution in [0.4, 0.5) is 0 Å². The number of carbonyl (C=O) groups excluding carboxylic acids is 1. The number of aldehydes is 1. The van der Waals surface area contributed by atoms with E-state index in [-0.39, 0.29) is 17.2 Å². The molecular weight excluding hydrogens is 262 g/mol. The summed E-state index contributed by atoms with van der Waals surface area (Å²) >= 11 is 0. The van der Waals surface area contributed by atoms with Crippen molar-refractivity contribution in [2.75, 3.05) is 0 Å². The van der Waals surface area contributed by atoms with Gasteiger partial charge in [0.2, 0.25) is 0 Å². The zero-order valence-electron chi connectivity index (χ0n) is 12.0. The summed E-state index contributed by atoms with van der Waals surface area (Å²) in [7, 11) is 0. The first-order valence-electron chi connectivity index (χ1n) is 7.57. The third-order valence-electron chi connectivity index (χ3n) is 4.28. The molecule has 3 nitrogen and oxygen atoms in total. The lowest BCUT2D eigenvalue weighted by atomic mass is 9.94. The van der Waals surface area contributed by atoms with Gasteiger partial charge in [0, 0.05) is 6.04 Å². The van der Waals surface area contributed by atoms with Gasteiger partial charge in [0.1, 0.15) is 0 Å². The second kappa shape index (κ2) is 6.08. The lowest BCUT2D eigenvalue weighted by Gasteiger charge is -2.27. The van der Waals surface area contributed by atoms with Crippen molar-refractivity contribution in [2.24, 2.45) is 0 Å². The molecule has 1 fully saturated rings. The van der Waals surface area contributed by atoms with Gasteiger partial charge in [-0.25, -0.2) is 0 Å². The lowest BCUT2D eigenvalue weighted by Crippen LogP contribution is -2.30. The van der Waals surface area contributed by atoms with Crippen LogP contribution in [-0.4, -0.2) is 10.9 Å². The van der Waals surface area contributed by atoms with Crippen LogP contribution in [0.3, 0.4) is 0 Å². The molecular formula is C18H19NO2. The Bertz CT molecular complexity index is 682. The summed E-state index contributed by atoms with van der Waals surface area (Å²) in [5, 5.41) is 0. The monoisotopic (exact) mass is 281 g/mol. The lowest BCUT2D eigenvalue weighted by molar-refractivity contribution is 0.112. The van der Waals surface area contributed by atoms with Gasteiger partial charge in [-0.1, -0.05) is 49.6 Å². The highest BCUT2D eigenvalue weighted by Gasteiger charge is 2.20. The molecule has 0 unspecified atom stereocenters. The van der Waals surface area contributed by atoms with Crippen molar-refractivity contribution in [1.29, 1.82) is 0 Å². The third kappa shape index (κ3) is 2.68.